The molecule has 0 saturated heterocycles. The van der Waals surface area contributed by atoms with Crippen molar-refractivity contribution in [2.75, 3.05) is 19.6 Å². The summed E-state index contributed by atoms with van der Waals surface area (Å²) in [4.78, 5) is 13.9. The summed E-state index contributed by atoms with van der Waals surface area (Å²) in [7, 11) is 0. The minimum absolute atomic E-state index is 0.0540. The van der Waals surface area contributed by atoms with Crippen molar-refractivity contribution in [1.82, 2.24) is 20.0 Å². The SMILES string of the molecule is CCN(CCn1cccn1)C(=O)NCCc1ccccc1Cl. The second-order valence-electron chi connectivity index (χ2n) is 4.92. The highest BCUT2D eigenvalue weighted by atomic mass is 35.5. The van der Waals surface area contributed by atoms with Crippen LogP contribution < -0.4 is 5.32 Å². The fourth-order valence-corrected chi connectivity index (χ4v) is 2.41. The number of hydrogen-bond donors (Lipinski definition) is 1. The molecule has 0 fully saturated rings. The van der Waals surface area contributed by atoms with E-state index in [9.17, 15) is 4.79 Å². The molecule has 0 spiro atoms. The third kappa shape index (κ3) is 4.77. The van der Waals surface area contributed by atoms with Gasteiger partial charge in [-0.05, 0) is 31.0 Å². The molecule has 1 heterocycles. The van der Waals surface area contributed by atoms with Crippen LogP contribution in [0.4, 0.5) is 4.79 Å². The molecule has 0 bridgehead atoms. The van der Waals surface area contributed by atoms with Gasteiger partial charge in [-0.15, -0.1) is 0 Å². The predicted molar refractivity (Wildman–Crippen MR) is 88.0 cm³/mol. The van der Waals surface area contributed by atoms with Gasteiger partial charge in [0.15, 0.2) is 0 Å². The quantitative estimate of drug-likeness (QED) is 0.853. The van der Waals surface area contributed by atoms with E-state index in [2.05, 4.69) is 10.4 Å². The third-order valence-corrected chi connectivity index (χ3v) is 3.82. The number of rotatable bonds is 7. The molecule has 2 aromatic rings. The van der Waals surface area contributed by atoms with Crippen LogP contribution in [0, 0.1) is 0 Å². The number of aromatic nitrogens is 2. The molecule has 0 atom stereocenters. The lowest BCUT2D eigenvalue weighted by molar-refractivity contribution is 0.198. The lowest BCUT2D eigenvalue weighted by Crippen LogP contribution is -2.42. The van der Waals surface area contributed by atoms with Gasteiger partial charge in [0.2, 0.25) is 0 Å². The smallest absolute Gasteiger partial charge is 0.317 e. The van der Waals surface area contributed by atoms with Gasteiger partial charge in [0.25, 0.3) is 0 Å². The van der Waals surface area contributed by atoms with Crippen LogP contribution in [0.3, 0.4) is 0 Å². The number of nitrogens with one attached hydrogen (secondary N) is 1. The predicted octanol–water partition coefficient (Wildman–Crippen LogP) is 2.81. The van der Waals surface area contributed by atoms with E-state index in [-0.39, 0.29) is 6.03 Å². The first kappa shape index (κ1) is 16.4. The number of amides is 2. The summed E-state index contributed by atoms with van der Waals surface area (Å²) < 4.78 is 1.82. The molecule has 0 aliphatic carbocycles. The molecule has 5 nitrogen and oxygen atoms in total. The summed E-state index contributed by atoms with van der Waals surface area (Å²) in [6.07, 6.45) is 4.35. The first-order valence-electron chi connectivity index (χ1n) is 7.44. The van der Waals surface area contributed by atoms with Crippen molar-refractivity contribution in [3.63, 3.8) is 0 Å². The molecule has 0 aliphatic rings. The summed E-state index contributed by atoms with van der Waals surface area (Å²) in [6, 6.07) is 9.51. The van der Waals surface area contributed by atoms with Gasteiger partial charge in [-0.25, -0.2) is 4.79 Å². The molecule has 1 aromatic heterocycles. The van der Waals surface area contributed by atoms with Gasteiger partial charge in [-0.3, -0.25) is 4.68 Å². The average molecular weight is 321 g/mol. The Labute approximate surface area is 135 Å². The average Bonchev–Trinajstić information content (AvgIpc) is 3.03. The Hall–Kier alpha value is -2.01. The standard InChI is InChI=1S/C16H21ClN4O/c1-2-20(12-13-21-11-5-9-19-21)16(22)18-10-8-14-6-3-4-7-15(14)17/h3-7,9,11H,2,8,10,12-13H2,1H3,(H,18,22). The van der Waals surface area contributed by atoms with E-state index in [1.165, 1.54) is 0 Å². The third-order valence-electron chi connectivity index (χ3n) is 3.46. The van der Waals surface area contributed by atoms with Gasteiger partial charge in [-0.1, -0.05) is 29.8 Å². The maximum Gasteiger partial charge on any atom is 0.317 e. The zero-order valence-corrected chi connectivity index (χ0v) is 13.5. The number of benzene rings is 1. The van der Waals surface area contributed by atoms with E-state index in [1.807, 2.05) is 48.1 Å². The fourth-order valence-electron chi connectivity index (χ4n) is 2.18. The van der Waals surface area contributed by atoms with Gasteiger partial charge < -0.3 is 10.2 Å². The molecule has 0 aliphatic heterocycles. The fraction of sp³-hybridized carbons (Fsp3) is 0.375. The summed E-state index contributed by atoms with van der Waals surface area (Å²) in [6.45, 7) is 4.53. The van der Waals surface area contributed by atoms with Gasteiger partial charge in [-0.2, -0.15) is 5.10 Å². The second kappa shape index (κ2) is 8.44. The summed E-state index contributed by atoms with van der Waals surface area (Å²) >= 11 is 6.10. The Morgan fingerprint density at radius 1 is 1.36 bits per heavy atom. The van der Waals surface area contributed by atoms with Crippen LogP contribution in [-0.4, -0.2) is 40.3 Å². The van der Waals surface area contributed by atoms with Crippen molar-refractivity contribution in [2.45, 2.75) is 19.9 Å². The first-order valence-corrected chi connectivity index (χ1v) is 7.82. The van der Waals surface area contributed by atoms with Crippen molar-refractivity contribution < 1.29 is 4.79 Å². The number of carbonyl (C=O) groups excluding carboxylic acids is 1. The van der Waals surface area contributed by atoms with Crippen LogP contribution in [0.5, 0.6) is 0 Å². The number of carbonyl (C=O) groups is 1. The van der Waals surface area contributed by atoms with Crippen molar-refractivity contribution in [2.24, 2.45) is 0 Å². The maximum absolute atomic E-state index is 12.2. The zero-order chi connectivity index (χ0) is 15.8. The summed E-state index contributed by atoms with van der Waals surface area (Å²) in [5.41, 5.74) is 1.05. The lowest BCUT2D eigenvalue weighted by Gasteiger charge is -2.21. The number of nitrogens with zero attached hydrogens (tertiary/aromatic N) is 3. The molecule has 0 unspecified atom stereocenters. The van der Waals surface area contributed by atoms with Gasteiger partial charge in [0.1, 0.15) is 0 Å². The molecular weight excluding hydrogens is 300 g/mol. The van der Waals surface area contributed by atoms with Gasteiger partial charge >= 0.3 is 6.03 Å². The van der Waals surface area contributed by atoms with E-state index in [0.717, 1.165) is 17.0 Å². The second-order valence-corrected chi connectivity index (χ2v) is 5.33. The van der Waals surface area contributed by atoms with Crippen LogP contribution >= 0.6 is 11.6 Å². The number of urea groups is 1. The van der Waals surface area contributed by atoms with Crippen molar-refractivity contribution in [3.8, 4) is 0 Å². The molecule has 118 valence electrons. The minimum atomic E-state index is -0.0540. The zero-order valence-electron chi connectivity index (χ0n) is 12.7. The van der Waals surface area contributed by atoms with Crippen LogP contribution in [0.15, 0.2) is 42.7 Å². The Bertz CT molecular complexity index is 586. The molecule has 2 amide bonds. The topological polar surface area (TPSA) is 50.2 Å². The molecule has 0 saturated carbocycles. The number of likely N-dealkylation sites (N-methyl/N-ethyl adjacent to an activating group) is 1. The highest BCUT2D eigenvalue weighted by molar-refractivity contribution is 6.31. The molecule has 2 rings (SSSR count). The Balaban J connectivity index is 1.76. The van der Waals surface area contributed by atoms with Crippen molar-refractivity contribution >= 4 is 17.6 Å². The minimum Gasteiger partial charge on any atom is -0.338 e. The molecule has 0 radical (unpaired) electrons. The molecule has 1 N–H and O–H groups in total. The van der Waals surface area contributed by atoms with E-state index < -0.39 is 0 Å². The molecule has 6 heteroatoms. The number of hydrogen-bond acceptors (Lipinski definition) is 2. The van der Waals surface area contributed by atoms with E-state index in [0.29, 0.717) is 26.2 Å². The monoisotopic (exact) mass is 320 g/mol. The van der Waals surface area contributed by atoms with E-state index >= 15 is 0 Å². The Morgan fingerprint density at radius 3 is 2.86 bits per heavy atom. The molecule has 22 heavy (non-hydrogen) atoms. The van der Waals surface area contributed by atoms with Crippen molar-refractivity contribution in [3.05, 3.63) is 53.3 Å². The Morgan fingerprint density at radius 2 is 2.18 bits per heavy atom. The lowest BCUT2D eigenvalue weighted by atomic mass is 10.1. The molecular formula is C16H21ClN4O. The van der Waals surface area contributed by atoms with Crippen LogP contribution in [0.25, 0.3) is 0 Å². The van der Waals surface area contributed by atoms with E-state index in [1.54, 1.807) is 11.1 Å². The first-order chi connectivity index (χ1) is 10.7. The van der Waals surface area contributed by atoms with Gasteiger partial charge in [0.05, 0.1) is 6.54 Å². The molecule has 1 aromatic carbocycles. The van der Waals surface area contributed by atoms with E-state index in [4.69, 9.17) is 11.6 Å². The largest absolute Gasteiger partial charge is 0.338 e. The summed E-state index contributed by atoms with van der Waals surface area (Å²) in [5.74, 6) is 0. The van der Waals surface area contributed by atoms with Gasteiger partial charge in [0, 0.05) is 37.1 Å². The summed E-state index contributed by atoms with van der Waals surface area (Å²) in [5, 5.41) is 7.81. The highest BCUT2D eigenvalue weighted by Crippen LogP contribution is 2.14. The normalized spacial score (nSPS) is 10.5. The number of halogens is 1. The van der Waals surface area contributed by atoms with Crippen LogP contribution in [-0.2, 0) is 13.0 Å². The van der Waals surface area contributed by atoms with Crippen LogP contribution in [0.2, 0.25) is 5.02 Å². The van der Waals surface area contributed by atoms with Crippen molar-refractivity contribution in [1.29, 1.82) is 0 Å². The highest BCUT2D eigenvalue weighted by Gasteiger charge is 2.11. The maximum atomic E-state index is 12.2. The Kier molecular flexibility index (Phi) is 6.27. The van der Waals surface area contributed by atoms with Crippen LogP contribution in [0.1, 0.15) is 12.5 Å².